The van der Waals surface area contributed by atoms with Gasteiger partial charge in [-0.05, 0) is 66.8 Å². The second kappa shape index (κ2) is 10.9. The van der Waals surface area contributed by atoms with E-state index in [4.69, 9.17) is 9.47 Å². The highest BCUT2D eigenvalue weighted by molar-refractivity contribution is 5.94. The number of hydrogen-bond acceptors (Lipinski definition) is 3. The summed E-state index contributed by atoms with van der Waals surface area (Å²) < 4.78 is 11.9. The van der Waals surface area contributed by atoms with Gasteiger partial charge in [-0.15, -0.1) is 0 Å². The lowest BCUT2D eigenvalue weighted by molar-refractivity contribution is -0.136. The molecule has 0 fully saturated rings. The van der Waals surface area contributed by atoms with Gasteiger partial charge in [-0.2, -0.15) is 0 Å². The Balaban J connectivity index is 1.71. The average molecular weight is 458 g/mol. The number of rotatable bonds is 11. The van der Waals surface area contributed by atoms with E-state index in [0.717, 1.165) is 52.5 Å². The molecule has 0 saturated heterocycles. The van der Waals surface area contributed by atoms with E-state index in [1.807, 2.05) is 55.5 Å². The van der Waals surface area contributed by atoms with Crippen LogP contribution in [0.5, 0.6) is 11.5 Å². The molecule has 0 aliphatic carbocycles. The first kappa shape index (κ1) is 23.4. The van der Waals surface area contributed by atoms with E-state index >= 15 is 0 Å². The summed E-state index contributed by atoms with van der Waals surface area (Å²) in [6, 6.07) is 22.1. The molecule has 5 nitrogen and oxygen atoms in total. The van der Waals surface area contributed by atoms with Gasteiger partial charge in [0.15, 0.2) is 11.5 Å². The number of aromatic amines is 1. The first-order valence-corrected chi connectivity index (χ1v) is 11.9. The van der Waals surface area contributed by atoms with E-state index in [9.17, 15) is 9.90 Å². The van der Waals surface area contributed by atoms with Gasteiger partial charge in [0.05, 0.1) is 18.7 Å². The van der Waals surface area contributed by atoms with Gasteiger partial charge in [0.25, 0.3) is 0 Å². The average Bonchev–Trinajstić information content (AvgIpc) is 3.19. The van der Waals surface area contributed by atoms with Crippen molar-refractivity contribution >= 4 is 16.9 Å². The van der Waals surface area contributed by atoms with Crippen LogP contribution in [0.25, 0.3) is 22.2 Å². The molecule has 0 atom stereocenters. The number of benzene rings is 3. The minimum absolute atomic E-state index is 0.0528. The number of H-pyrrole nitrogens is 1. The largest absolute Gasteiger partial charge is 0.490 e. The molecule has 176 valence electrons. The first-order valence-electron chi connectivity index (χ1n) is 11.9. The summed E-state index contributed by atoms with van der Waals surface area (Å²) in [7, 11) is 0. The van der Waals surface area contributed by atoms with Crippen molar-refractivity contribution in [3.8, 4) is 22.8 Å². The molecule has 0 saturated carbocycles. The molecular weight excluding hydrogens is 426 g/mol. The molecule has 1 aromatic heterocycles. The van der Waals surface area contributed by atoms with Gasteiger partial charge < -0.3 is 19.6 Å². The highest BCUT2D eigenvalue weighted by Gasteiger charge is 2.18. The Morgan fingerprint density at radius 2 is 1.74 bits per heavy atom. The fourth-order valence-corrected chi connectivity index (χ4v) is 4.20. The molecule has 2 N–H and O–H groups in total. The minimum atomic E-state index is -0.853. The van der Waals surface area contributed by atoms with Gasteiger partial charge in [-0.3, -0.25) is 4.79 Å². The van der Waals surface area contributed by atoms with Crippen molar-refractivity contribution in [1.29, 1.82) is 0 Å². The molecule has 0 radical (unpaired) electrons. The molecule has 4 aromatic rings. The summed E-state index contributed by atoms with van der Waals surface area (Å²) in [5.41, 5.74) is 5.72. The van der Waals surface area contributed by atoms with Gasteiger partial charge in [-0.1, -0.05) is 49.7 Å². The van der Waals surface area contributed by atoms with Crippen molar-refractivity contribution in [2.45, 2.75) is 46.1 Å². The number of aromatic nitrogens is 1. The van der Waals surface area contributed by atoms with Crippen molar-refractivity contribution < 1.29 is 19.4 Å². The van der Waals surface area contributed by atoms with Crippen LogP contribution in [-0.4, -0.2) is 22.7 Å². The number of nitrogens with one attached hydrogen (secondary N) is 1. The zero-order valence-corrected chi connectivity index (χ0v) is 19.8. The summed E-state index contributed by atoms with van der Waals surface area (Å²) >= 11 is 0. The maximum absolute atomic E-state index is 11.7. The number of aryl methyl sites for hydroxylation is 1. The van der Waals surface area contributed by atoms with Crippen molar-refractivity contribution in [3.05, 3.63) is 83.4 Å². The first-order chi connectivity index (χ1) is 16.6. The number of carboxylic acids is 1. The van der Waals surface area contributed by atoms with Crippen molar-refractivity contribution in [1.82, 2.24) is 4.98 Å². The van der Waals surface area contributed by atoms with E-state index in [0.29, 0.717) is 24.7 Å². The van der Waals surface area contributed by atoms with Crippen LogP contribution in [-0.2, 0) is 24.2 Å². The predicted octanol–water partition coefficient (Wildman–Crippen LogP) is 6.78. The third-order valence-electron chi connectivity index (χ3n) is 5.89. The van der Waals surface area contributed by atoms with Crippen LogP contribution in [0.1, 0.15) is 43.4 Å². The fourth-order valence-electron chi connectivity index (χ4n) is 4.20. The number of hydrogen-bond donors (Lipinski definition) is 2. The van der Waals surface area contributed by atoms with Crippen LogP contribution in [0.3, 0.4) is 0 Å². The molecule has 0 unspecified atom stereocenters. The monoisotopic (exact) mass is 457 g/mol. The smallest absolute Gasteiger partial charge is 0.307 e. The van der Waals surface area contributed by atoms with E-state index in [2.05, 4.69) is 30.1 Å². The molecule has 0 amide bonds. The van der Waals surface area contributed by atoms with Gasteiger partial charge in [0, 0.05) is 16.5 Å². The SMILES string of the molecule is CCCCc1ccc2[nH]c(-c3ccc(OCc4ccccc4)c(OCC)c3)c(CC(=O)O)c2c1. The normalized spacial score (nSPS) is 11.0. The summed E-state index contributed by atoms with van der Waals surface area (Å²) in [5.74, 6) is 0.445. The molecule has 0 spiro atoms. The summed E-state index contributed by atoms with van der Waals surface area (Å²) in [4.78, 5) is 15.2. The van der Waals surface area contributed by atoms with Crippen molar-refractivity contribution in [2.24, 2.45) is 0 Å². The Bertz CT molecular complexity index is 1260. The Morgan fingerprint density at radius 1 is 0.912 bits per heavy atom. The van der Waals surface area contributed by atoms with Crippen LogP contribution in [0.4, 0.5) is 0 Å². The third-order valence-corrected chi connectivity index (χ3v) is 5.89. The van der Waals surface area contributed by atoms with Crippen LogP contribution in [0.15, 0.2) is 66.7 Å². The van der Waals surface area contributed by atoms with Crippen LogP contribution in [0, 0.1) is 0 Å². The second-order valence-electron chi connectivity index (χ2n) is 8.40. The Hall–Kier alpha value is -3.73. The lowest BCUT2D eigenvalue weighted by Crippen LogP contribution is -2.02. The number of aliphatic carboxylic acids is 1. The number of ether oxygens (including phenoxy) is 2. The number of fused-ring (bicyclic) bond motifs is 1. The summed E-state index contributed by atoms with van der Waals surface area (Å²) in [6.07, 6.45) is 3.17. The van der Waals surface area contributed by atoms with E-state index in [-0.39, 0.29) is 6.42 Å². The second-order valence-corrected chi connectivity index (χ2v) is 8.40. The predicted molar refractivity (Wildman–Crippen MR) is 136 cm³/mol. The Kier molecular flexibility index (Phi) is 7.53. The maximum atomic E-state index is 11.7. The third kappa shape index (κ3) is 5.42. The molecule has 3 aromatic carbocycles. The highest BCUT2D eigenvalue weighted by Crippen LogP contribution is 2.37. The lowest BCUT2D eigenvalue weighted by atomic mass is 10.00. The van der Waals surface area contributed by atoms with Gasteiger partial charge in [-0.25, -0.2) is 0 Å². The molecule has 0 bridgehead atoms. The van der Waals surface area contributed by atoms with Gasteiger partial charge in [0.2, 0.25) is 0 Å². The number of carbonyl (C=O) groups is 1. The van der Waals surface area contributed by atoms with Gasteiger partial charge in [0.1, 0.15) is 6.61 Å². The summed E-state index contributed by atoms with van der Waals surface area (Å²) in [6.45, 7) is 5.05. The van der Waals surface area contributed by atoms with Crippen LogP contribution >= 0.6 is 0 Å². The molecule has 4 rings (SSSR count). The minimum Gasteiger partial charge on any atom is -0.490 e. The van der Waals surface area contributed by atoms with Crippen LogP contribution < -0.4 is 9.47 Å². The zero-order chi connectivity index (χ0) is 23.9. The van der Waals surface area contributed by atoms with E-state index in [1.165, 1.54) is 5.56 Å². The standard InChI is InChI=1S/C29H31NO4/c1-3-5-9-20-12-14-25-23(16-20)24(18-28(31)32)29(30-25)22-13-15-26(27(17-22)33-4-2)34-19-21-10-7-6-8-11-21/h6-8,10-17,30H,3-5,9,18-19H2,1-2H3,(H,31,32). The maximum Gasteiger partial charge on any atom is 0.307 e. The topological polar surface area (TPSA) is 71.5 Å². The van der Waals surface area contributed by atoms with E-state index in [1.54, 1.807) is 0 Å². The fraction of sp³-hybridized carbons (Fsp3) is 0.276. The molecule has 0 aliphatic rings. The number of carboxylic acid groups (broad SMARTS) is 1. The van der Waals surface area contributed by atoms with Gasteiger partial charge >= 0.3 is 5.97 Å². The molecular formula is C29H31NO4. The number of unbranched alkanes of at least 4 members (excludes halogenated alkanes) is 1. The lowest BCUT2D eigenvalue weighted by Gasteiger charge is -2.14. The Morgan fingerprint density at radius 3 is 2.47 bits per heavy atom. The van der Waals surface area contributed by atoms with E-state index < -0.39 is 5.97 Å². The van der Waals surface area contributed by atoms with Crippen LogP contribution in [0.2, 0.25) is 0 Å². The Labute approximate surface area is 200 Å². The highest BCUT2D eigenvalue weighted by atomic mass is 16.5. The molecule has 34 heavy (non-hydrogen) atoms. The van der Waals surface area contributed by atoms with Crippen molar-refractivity contribution in [3.63, 3.8) is 0 Å². The zero-order valence-electron chi connectivity index (χ0n) is 19.8. The molecule has 5 heteroatoms. The molecule has 1 heterocycles. The van der Waals surface area contributed by atoms with Crippen molar-refractivity contribution in [2.75, 3.05) is 6.61 Å². The quantitative estimate of drug-likeness (QED) is 0.260. The molecule has 0 aliphatic heterocycles. The summed E-state index contributed by atoms with van der Waals surface area (Å²) in [5, 5.41) is 10.6.